The molecule has 458 valence electrons. The number of aliphatic hydroxyl groups is 1. The van der Waals surface area contributed by atoms with Crippen molar-refractivity contribution < 1.29 is 46.5 Å². The third-order valence-electron chi connectivity index (χ3n) is 13.7. The van der Waals surface area contributed by atoms with Crippen LogP contribution in [-0.4, -0.2) is 69.4 Å². The van der Waals surface area contributed by atoms with Gasteiger partial charge in [0.25, 0.3) is 0 Å². The number of carbonyl (C=O) groups excluding carboxylic acids is 2. The third-order valence-corrected chi connectivity index (χ3v) is 16.4. The van der Waals surface area contributed by atoms with Gasteiger partial charge in [0.15, 0.2) is 12.9 Å². The fourth-order valence-corrected chi connectivity index (χ4v) is 11.4. The zero-order valence-corrected chi connectivity index (χ0v) is 51.9. The molecule has 10 rings (SSSR count). The number of halogens is 7. The highest BCUT2D eigenvalue weighted by atomic mass is 35.5. The van der Waals surface area contributed by atoms with Gasteiger partial charge in [-0.1, -0.05) is 100.0 Å². The normalized spacial score (nSPS) is 12.7. The summed E-state index contributed by atoms with van der Waals surface area (Å²) in [5, 5.41) is 42.8. The number of carbonyl (C=O) groups is 2. The summed E-state index contributed by atoms with van der Waals surface area (Å²) in [6, 6.07) is 37.9. The van der Waals surface area contributed by atoms with Gasteiger partial charge >= 0.3 is 11.9 Å². The highest BCUT2D eigenvalue weighted by molar-refractivity contribution is 7.10. The summed E-state index contributed by atoms with van der Waals surface area (Å²) in [7, 11) is 0. The van der Waals surface area contributed by atoms with Gasteiger partial charge in [0, 0.05) is 68.7 Å². The standard InChI is InChI=1S/C31H24ClF2N5O3S.C22H17F2N5OS.C9H8Cl2O2.C2H6/c1-20(29-38-28(15-43-29)23-7-5-21(14-35)6-8-23)31(16-39-18-36-17-37-39,26-10-9-25(33)12-27(26)34)42-19-41-30(40)24-4-2-3-22(11-24)13-32;1-14(21-28-20(10-31-21)16-4-2-15(9-25)3-5-16)22(30,11-29-13-26-12-27-29)18-7-6-17(23)8-19(18)24;10-5-7-2-1-3-8(4-7)9(12)13-6-11;1-2/h2-12,15,17-18,20H,13,16,19H2,1H3;2-8,10,12-14,30H,11H2,1H3;1-4H,5-6H2;1-2H3/t20-,31?;14-,22?;;/m00../s1. The van der Waals surface area contributed by atoms with Gasteiger partial charge in [-0.3, -0.25) is 0 Å². The number of benzene rings is 6. The first-order valence-corrected chi connectivity index (χ1v) is 30.4. The molecule has 0 fully saturated rings. The summed E-state index contributed by atoms with van der Waals surface area (Å²) in [5.74, 6) is -4.98. The van der Waals surface area contributed by atoms with Gasteiger partial charge < -0.3 is 19.3 Å². The van der Waals surface area contributed by atoms with E-state index in [9.17, 15) is 27.9 Å². The van der Waals surface area contributed by atoms with Crippen LogP contribution in [0.3, 0.4) is 0 Å². The molecule has 0 aliphatic rings. The summed E-state index contributed by atoms with van der Waals surface area (Å²) in [6.07, 6.45) is 5.51. The Balaban J connectivity index is 0.000000213. The molecule has 0 aliphatic carbocycles. The zero-order valence-electron chi connectivity index (χ0n) is 48.0. The Labute approximate surface area is 533 Å². The lowest BCUT2D eigenvalue weighted by Gasteiger charge is -2.38. The van der Waals surface area contributed by atoms with Gasteiger partial charge in [-0.15, -0.1) is 45.9 Å². The Morgan fingerprint density at radius 1 is 0.618 bits per heavy atom. The molecule has 0 amide bonds. The average Bonchev–Trinajstić information content (AvgIpc) is 2.72. The quantitative estimate of drug-likeness (QED) is 0.0325. The summed E-state index contributed by atoms with van der Waals surface area (Å²) in [5.41, 5.74) is 3.00. The Hall–Kier alpha value is -8.71. The average molecular weight is 1310 g/mol. The molecule has 0 radical (unpaired) electrons. The molecule has 0 saturated heterocycles. The lowest BCUT2D eigenvalue weighted by molar-refractivity contribution is -0.148. The number of nitrogens with zero attached hydrogens (tertiary/aromatic N) is 10. The first-order valence-electron chi connectivity index (χ1n) is 27.0. The molecule has 0 saturated carbocycles. The second-order valence-corrected chi connectivity index (χ2v) is 21.6. The highest BCUT2D eigenvalue weighted by Gasteiger charge is 2.45. The van der Waals surface area contributed by atoms with E-state index in [1.165, 1.54) is 69.5 Å². The number of hydrogen-bond acceptors (Lipinski definition) is 16. The summed E-state index contributed by atoms with van der Waals surface area (Å²) >= 11 is 19.4. The van der Waals surface area contributed by atoms with Crippen LogP contribution in [0.1, 0.15) is 104 Å². The fraction of sp³-hybridized carbons (Fsp3) is 0.219. The van der Waals surface area contributed by atoms with Crippen molar-refractivity contribution in [3.8, 4) is 34.7 Å². The van der Waals surface area contributed by atoms with E-state index in [0.717, 1.165) is 46.5 Å². The van der Waals surface area contributed by atoms with E-state index in [-0.39, 0.29) is 41.7 Å². The molecule has 6 aromatic carbocycles. The Morgan fingerprint density at radius 3 is 1.52 bits per heavy atom. The fourth-order valence-electron chi connectivity index (χ4n) is 8.99. The molecular weight excluding hydrogens is 1250 g/mol. The molecule has 0 aliphatic heterocycles. The van der Waals surface area contributed by atoms with Gasteiger partial charge in [-0.2, -0.15) is 20.7 Å². The molecule has 4 heterocycles. The summed E-state index contributed by atoms with van der Waals surface area (Å²) in [6.45, 7) is 6.81. The summed E-state index contributed by atoms with van der Waals surface area (Å²) in [4.78, 5) is 41.4. The molecule has 0 spiro atoms. The topological polar surface area (TPSA) is 217 Å². The van der Waals surface area contributed by atoms with E-state index in [1.54, 1.807) is 105 Å². The molecule has 0 bridgehead atoms. The van der Waals surface area contributed by atoms with Crippen molar-refractivity contribution >= 4 is 69.4 Å². The van der Waals surface area contributed by atoms with Crippen molar-refractivity contribution in [2.24, 2.45) is 0 Å². The van der Waals surface area contributed by atoms with Gasteiger partial charge in [0.05, 0.1) is 68.9 Å². The van der Waals surface area contributed by atoms with Gasteiger partial charge in [-0.05, 0) is 71.8 Å². The summed E-state index contributed by atoms with van der Waals surface area (Å²) < 4.78 is 77.2. The van der Waals surface area contributed by atoms with E-state index in [0.29, 0.717) is 44.0 Å². The third kappa shape index (κ3) is 17.3. The van der Waals surface area contributed by atoms with E-state index in [2.05, 4.69) is 42.0 Å². The second kappa shape index (κ2) is 32.5. The van der Waals surface area contributed by atoms with Gasteiger partial charge in [0.2, 0.25) is 0 Å². The van der Waals surface area contributed by atoms with Crippen molar-refractivity contribution in [3.63, 3.8) is 0 Å². The SMILES string of the molecule is CC.C[C@@H](c1nc(-c2ccc(C#N)cc2)cs1)C(Cn1cncn1)(OCOC(=O)c1cccc(CCl)c1)c1ccc(F)cc1F.C[C@@H](c1nc(-c2ccc(C#N)cc2)cs1)C(O)(Cn1cncn1)c1ccc(F)cc1F.O=C(OCCl)c1cccc(CCl)c1. The molecule has 16 nitrogen and oxygen atoms in total. The largest absolute Gasteiger partial charge is 0.446 e. The number of esters is 2. The van der Waals surface area contributed by atoms with Crippen LogP contribution in [0.25, 0.3) is 22.5 Å². The van der Waals surface area contributed by atoms with Crippen molar-refractivity contribution in [2.45, 2.75) is 75.6 Å². The Bertz CT molecular complexity index is 4020. The smallest absolute Gasteiger partial charge is 0.340 e. The lowest BCUT2D eigenvalue weighted by atomic mass is 9.81. The predicted molar refractivity (Wildman–Crippen MR) is 331 cm³/mol. The van der Waals surface area contributed by atoms with Crippen LogP contribution < -0.4 is 0 Å². The lowest BCUT2D eigenvalue weighted by Crippen LogP contribution is -2.42. The molecule has 2 unspecified atom stereocenters. The first kappa shape index (κ1) is 67.8. The monoisotopic (exact) mass is 1300 g/mol. The number of ether oxygens (including phenoxy) is 3. The van der Waals surface area contributed by atoms with E-state index in [1.807, 2.05) is 30.7 Å². The van der Waals surface area contributed by atoms with Gasteiger partial charge in [-0.25, -0.2) is 56.5 Å². The number of nitriles is 2. The minimum Gasteiger partial charge on any atom is -0.446 e. The Kier molecular flexibility index (Phi) is 24.8. The van der Waals surface area contributed by atoms with Crippen LogP contribution in [0.15, 0.2) is 170 Å². The maximum absolute atomic E-state index is 15.6. The van der Waals surface area contributed by atoms with Crippen molar-refractivity contribution in [2.75, 3.05) is 12.9 Å². The van der Waals surface area contributed by atoms with Crippen LogP contribution in [0.4, 0.5) is 17.6 Å². The van der Waals surface area contributed by atoms with Crippen molar-refractivity contribution in [3.05, 3.63) is 247 Å². The number of hydrogen-bond donors (Lipinski definition) is 1. The van der Waals surface area contributed by atoms with Crippen LogP contribution >= 0.6 is 57.5 Å². The molecule has 89 heavy (non-hydrogen) atoms. The molecular formula is C64H55Cl3F4N10O6S2. The Morgan fingerprint density at radius 2 is 1.08 bits per heavy atom. The second-order valence-electron chi connectivity index (χ2n) is 19.1. The number of alkyl halides is 3. The van der Waals surface area contributed by atoms with Crippen molar-refractivity contribution in [1.29, 1.82) is 10.5 Å². The van der Waals surface area contributed by atoms with Crippen LogP contribution in [0.2, 0.25) is 0 Å². The molecule has 4 atom stereocenters. The molecule has 25 heteroatoms. The molecule has 10 aromatic rings. The van der Waals surface area contributed by atoms with Gasteiger partial charge in [0.1, 0.15) is 59.8 Å². The van der Waals surface area contributed by atoms with E-state index >= 15 is 4.39 Å². The zero-order chi connectivity index (χ0) is 64.1. The maximum atomic E-state index is 15.6. The minimum absolute atomic E-state index is 0.0206. The highest BCUT2D eigenvalue weighted by Crippen LogP contribution is 2.45. The van der Waals surface area contributed by atoms with E-state index in [4.69, 9.17) is 59.8 Å². The van der Waals surface area contributed by atoms with E-state index < -0.39 is 65.0 Å². The number of rotatable bonds is 20. The van der Waals surface area contributed by atoms with Crippen LogP contribution in [-0.2, 0) is 50.3 Å². The van der Waals surface area contributed by atoms with Crippen LogP contribution in [0.5, 0.6) is 0 Å². The van der Waals surface area contributed by atoms with Crippen molar-refractivity contribution in [1.82, 2.24) is 39.5 Å². The minimum atomic E-state index is -1.76. The molecule has 4 aromatic heterocycles. The predicted octanol–water partition coefficient (Wildman–Crippen LogP) is 14.9. The number of aromatic nitrogens is 8. The molecule has 1 N–H and O–H groups in total. The number of thiazole rings is 2. The van der Waals surface area contributed by atoms with Crippen LogP contribution in [0, 0.1) is 45.9 Å². The maximum Gasteiger partial charge on any atom is 0.340 e. The first-order chi connectivity index (χ1) is 43.0.